The molecule has 0 aliphatic rings. The smallest absolute Gasteiger partial charge is 0.167 e. The maximum Gasteiger partial charge on any atom is 0.167 e. The van der Waals surface area contributed by atoms with Crippen molar-refractivity contribution in [1.29, 1.82) is 0 Å². The first-order chi connectivity index (χ1) is 8.10. The number of rotatable bonds is 6. The van der Waals surface area contributed by atoms with E-state index in [1.807, 2.05) is 24.5 Å². The maximum absolute atomic E-state index is 12.1. The summed E-state index contributed by atoms with van der Waals surface area (Å²) in [5.41, 5.74) is 1.89. The van der Waals surface area contributed by atoms with E-state index in [9.17, 15) is 4.79 Å². The van der Waals surface area contributed by atoms with Crippen LogP contribution in [0.25, 0.3) is 0 Å². The number of Topliss-reactive ketones (excluding diaryl/α,β-unsaturated/α-hetero) is 1. The van der Waals surface area contributed by atoms with Crippen LogP contribution in [-0.4, -0.2) is 24.9 Å². The van der Waals surface area contributed by atoms with Crippen LogP contribution in [0, 0.1) is 0 Å². The van der Waals surface area contributed by atoms with E-state index in [4.69, 9.17) is 4.74 Å². The number of hydrogen-bond donors (Lipinski definition) is 0. The van der Waals surface area contributed by atoms with Crippen LogP contribution in [0.3, 0.4) is 0 Å². The molecule has 0 unspecified atom stereocenters. The number of hydrogen-bond acceptors (Lipinski definition) is 3. The van der Waals surface area contributed by atoms with E-state index in [0.717, 1.165) is 5.75 Å². The molecule has 1 aromatic rings. The van der Waals surface area contributed by atoms with E-state index in [-0.39, 0.29) is 5.78 Å². The third kappa shape index (κ3) is 3.77. The Kier molecular flexibility index (Phi) is 5.56. The predicted octanol–water partition coefficient (Wildman–Crippen LogP) is 3.75. The van der Waals surface area contributed by atoms with Gasteiger partial charge in [0.2, 0.25) is 0 Å². The minimum atomic E-state index is 0.165. The van der Waals surface area contributed by atoms with Gasteiger partial charge in [-0.1, -0.05) is 19.9 Å². The van der Waals surface area contributed by atoms with Crippen LogP contribution in [0.15, 0.2) is 18.2 Å². The second-order valence-corrected chi connectivity index (χ2v) is 5.27. The van der Waals surface area contributed by atoms with Crippen molar-refractivity contribution in [3.63, 3.8) is 0 Å². The molecule has 0 saturated carbocycles. The lowest BCUT2D eigenvalue weighted by atomic mass is 9.98. The first-order valence-electron chi connectivity index (χ1n) is 5.80. The average Bonchev–Trinajstić information content (AvgIpc) is 2.34. The lowest BCUT2D eigenvalue weighted by Gasteiger charge is -2.11. The summed E-state index contributed by atoms with van der Waals surface area (Å²) in [6, 6.07) is 5.88. The van der Waals surface area contributed by atoms with E-state index in [1.54, 1.807) is 18.9 Å². The highest BCUT2D eigenvalue weighted by atomic mass is 32.2. The number of methoxy groups -OCH3 is 1. The van der Waals surface area contributed by atoms with E-state index in [2.05, 4.69) is 13.8 Å². The Hall–Kier alpha value is -0.960. The van der Waals surface area contributed by atoms with Crippen molar-refractivity contribution in [2.24, 2.45) is 0 Å². The fourth-order valence-electron chi connectivity index (χ4n) is 1.63. The first-order valence-corrected chi connectivity index (χ1v) is 7.19. The minimum absolute atomic E-state index is 0.165. The summed E-state index contributed by atoms with van der Waals surface area (Å²) in [6.45, 7) is 4.25. The van der Waals surface area contributed by atoms with E-state index in [0.29, 0.717) is 23.7 Å². The van der Waals surface area contributed by atoms with Gasteiger partial charge in [0, 0.05) is 12.2 Å². The van der Waals surface area contributed by atoms with Gasteiger partial charge in [-0.05, 0) is 29.9 Å². The van der Waals surface area contributed by atoms with E-state index < -0.39 is 0 Å². The molecule has 0 amide bonds. The second-order valence-electron chi connectivity index (χ2n) is 4.28. The Balaban J connectivity index is 3.01. The third-order valence-electron chi connectivity index (χ3n) is 2.72. The molecule has 3 heteroatoms. The van der Waals surface area contributed by atoms with Gasteiger partial charge >= 0.3 is 0 Å². The zero-order valence-electron chi connectivity index (χ0n) is 10.9. The minimum Gasteiger partial charge on any atom is -0.496 e. The Bertz CT molecular complexity index is 386. The summed E-state index contributed by atoms with van der Waals surface area (Å²) in [5.74, 6) is 2.13. The molecule has 94 valence electrons. The van der Waals surface area contributed by atoms with Gasteiger partial charge in [0.05, 0.1) is 12.7 Å². The van der Waals surface area contributed by atoms with Gasteiger partial charge in [0.15, 0.2) is 5.78 Å². The van der Waals surface area contributed by atoms with Gasteiger partial charge in [-0.15, -0.1) is 0 Å². The molecule has 2 nitrogen and oxygen atoms in total. The molecular weight excluding hydrogens is 232 g/mol. The van der Waals surface area contributed by atoms with Crippen LogP contribution < -0.4 is 4.74 Å². The highest BCUT2D eigenvalue weighted by Crippen LogP contribution is 2.25. The normalized spacial score (nSPS) is 10.6. The van der Waals surface area contributed by atoms with Crippen LogP contribution in [0.2, 0.25) is 0 Å². The van der Waals surface area contributed by atoms with Crippen LogP contribution in [0.5, 0.6) is 5.75 Å². The molecule has 0 atom stereocenters. The Morgan fingerprint density at radius 2 is 2.12 bits per heavy atom. The highest BCUT2D eigenvalue weighted by Gasteiger charge is 2.13. The lowest BCUT2D eigenvalue weighted by Crippen LogP contribution is -2.05. The van der Waals surface area contributed by atoms with Crippen molar-refractivity contribution < 1.29 is 9.53 Å². The van der Waals surface area contributed by atoms with Crippen molar-refractivity contribution in [3.8, 4) is 5.75 Å². The first kappa shape index (κ1) is 14.1. The van der Waals surface area contributed by atoms with E-state index >= 15 is 0 Å². The standard InChI is InChI=1S/C14H20O2S/c1-10(2)11-5-6-14(16-3)12(9-11)13(15)7-8-17-4/h5-6,9-10H,7-8H2,1-4H3. The molecule has 0 spiro atoms. The van der Waals surface area contributed by atoms with E-state index in [1.165, 1.54) is 5.56 Å². The van der Waals surface area contributed by atoms with Gasteiger partial charge < -0.3 is 4.74 Å². The monoisotopic (exact) mass is 252 g/mol. The molecule has 0 fully saturated rings. The summed E-state index contributed by atoms with van der Waals surface area (Å²) >= 11 is 1.69. The molecule has 1 rings (SSSR count). The summed E-state index contributed by atoms with van der Waals surface area (Å²) in [6.07, 6.45) is 2.58. The molecule has 0 heterocycles. The Morgan fingerprint density at radius 3 is 2.65 bits per heavy atom. The van der Waals surface area contributed by atoms with Crippen molar-refractivity contribution in [1.82, 2.24) is 0 Å². The zero-order chi connectivity index (χ0) is 12.8. The molecule has 0 aliphatic heterocycles. The highest BCUT2D eigenvalue weighted by molar-refractivity contribution is 7.98. The summed E-state index contributed by atoms with van der Waals surface area (Å²) in [7, 11) is 1.61. The number of carbonyl (C=O) groups excluding carboxylic acids is 1. The molecule has 0 saturated heterocycles. The van der Waals surface area contributed by atoms with Crippen molar-refractivity contribution in [2.75, 3.05) is 19.1 Å². The van der Waals surface area contributed by atoms with Gasteiger partial charge in [-0.2, -0.15) is 11.8 Å². The maximum atomic E-state index is 12.1. The molecular formula is C14H20O2S. The van der Waals surface area contributed by atoms with Crippen molar-refractivity contribution in [3.05, 3.63) is 29.3 Å². The second kappa shape index (κ2) is 6.70. The van der Waals surface area contributed by atoms with Gasteiger partial charge in [0.25, 0.3) is 0 Å². The molecule has 0 aromatic heterocycles. The van der Waals surface area contributed by atoms with Crippen molar-refractivity contribution in [2.45, 2.75) is 26.2 Å². The fraction of sp³-hybridized carbons (Fsp3) is 0.500. The Morgan fingerprint density at radius 1 is 1.41 bits per heavy atom. The quantitative estimate of drug-likeness (QED) is 0.721. The molecule has 0 bridgehead atoms. The van der Waals surface area contributed by atoms with Crippen LogP contribution in [0.4, 0.5) is 0 Å². The van der Waals surface area contributed by atoms with Crippen LogP contribution in [-0.2, 0) is 0 Å². The largest absolute Gasteiger partial charge is 0.496 e. The SMILES string of the molecule is COc1ccc(C(C)C)cc1C(=O)CCSC. The fourth-order valence-corrected chi connectivity index (χ4v) is 2.02. The summed E-state index contributed by atoms with van der Waals surface area (Å²) in [4.78, 5) is 12.1. The Labute approximate surface area is 108 Å². The summed E-state index contributed by atoms with van der Waals surface area (Å²) in [5, 5.41) is 0. The van der Waals surface area contributed by atoms with Gasteiger partial charge in [-0.25, -0.2) is 0 Å². The van der Waals surface area contributed by atoms with Crippen LogP contribution >= 0.6 is 11.8 Å². The van der Waals surface area contributed by atoms with Crippen LogP contribution in [0.1, 0.15) is 42.1 Å². The molecule has 0 aliphatic carbocycles. The lowest BCUT2D eigenvalue weighted by molar-refractivity contribution is 0.0986. The molecule has 17 heavy (non-hydrogen) atoms. The predicted molar refractivity (Wildman–Crippen MR) is 74.4 cm³/mol. The number of benzene rings is 1. The number of ketones is 1. The van der Waals surface area contributed by atoms with Crippen molar-refractivity contribution >= 4 is 17.5 Å². The zero-order valence-corrected chi connectivity index (χ0v) is 11.8. The topological polar surface area (TPSA) is 26.3 Å². The third-order valence-corrected chi connectivity index (χ3v) is 3.34. The summed E-state index contributed by atoms with van der Waals surface area (Å²) < 4.78 is 5.25. The molecule has 1 aromatic carbocycles. The van der Waals surface area contributed by atoms with Gasteiger partial charge in [0.1, 0.15) is 5.75 Å². The molecule has 0 radical (unpaired) electrons. The van der Waals surface area contributed by atoms with Gasteiger partial charge in [-0.3, -0.25) is 4.79 Å². The number of thioether (sulfide) groups is 1. The number of ether oxygens (including phenoxy) is 1. The molecule has 0 N–H and O–H groups in total. The average molecular weight is 252 g/mol. The number of carbonyl (C=O) groups is 1.